The second kappa shape index (κ2) is 6.11. The Morgan fingerprint density at radius 2 is 1.85 bits per heavy atom. The molecule has 0 aliphatic heterocycles. The lowest BCUT2D eigenvalue weighted by molar-refractivity contribution is 0.233. The average Bonchev–Trinajstić information content (AvgIpc) is 2.35. The lowest BCUT2D eigenvalue weighted by atomic mass is 9.97. The molecule has 0 amide bonds. The molecule has 0 aliphatic carbocycles. The van der Waals surface area contributed by atoms with Gasteiger partial charge in [0, 0.05) is 12.1 Å². The molecule has 4 nitrogen and oxygen atoms in total. The number of sulfonamides is 1. The van der Waals surface area contributed by atoms with Crippen molar-refractivity contribution in [3.8, 4) is 0 Å². The lowest BCUT2D eigenvalue weighted by Crippen LogP contribution is -2.46. The third-order valence-electron chi connectivity index (χ3n) is 3.11. The second-order valence-electron chi connectivity index (χ2n) is 4.67. The highest BCUT2D eigenvalue weighted by Gasteiger charge is 2.31. The van der Waals surface area contributed by atoms with Gasteiger partial charge in [-0.1, -0.05) is 6.92 Å². The molecule has 0 fully saturated rings. The summed E-state index contributed by atoms with van der Waals surface area (Å²) < 4.78 is 65.7. The minimum absolute atomic E-state index is 0.105. The van der Waals surface area contributed by atoms with Crippen LogP contribution in [-0.4, -0.2) is 25.7 Å². The van der Waals surface area contributed by atoms with Crippen LogP contribution in [0.4, 0.5) is 13.2 Å². The molecular weight excluding hydrogens is 295 g/mol. The van der Waals surface area contributed by atoms with Crippen molar-refractivity contribution in [1.29, 1.82) is 0 Å². The zero-order chi connectivity index (χ0) is 15.6. The van der Waals surface area contributed by atoms with E-state index in [2.05, 4.69) is 4.72 Å². The summed E-state index contributed by atoms with van der Waals surface area (Å²) in [7, 11) is -4.36. The summed E-state index contributed by atoms with van der Waals surface area (Å²) in [6.45, 7) is 2.94. The Balaban J connectivity index is 3.21. The van der Waals surface area contributed by atoms with E-state index < -0.39 is 37.9 Å². The minimum atomic E-state index is -4.36. The molecule has 0 bridgehead atoms. The maximum Gasteiger partial charge on any atom is 0.244 e. The van der Waals surface area contributed by atoms with Gasteiger partial charge in [0.05, 0.1) is 0 Å². The maximum absolute atomic E-state index is 13.5. The number of hydrogen-bond donors (Lipinski definition) is 2. The normalized spacial score (nSPS) is 15.1. The third-order valence-corrected chi connectivity index (χ3v) is 4.77. The molecule has 0 heterocycles. The average molecular weight is 311 g/mol. The second-order valence-corrected chi connectivity index (χ2v) is 6.32. The van der Waals surface area contributed by atoms with Gasteiger partial charge in [-0.05, 0) is 31.9 Å². The molecule has 1 aromatic carbocycles. The van der Waals surface area contributed by atoms with Crippen molar-refractivity contribution in [3.63, 3.8) is 0 Å². The largest absolute Gasteiger partial charge is 0.396 e. The standard InChI is InChI=1S/C12H16F3NO3S/c1-3-12(2,6-7-17)16-20(18,19)9-5-4-8(13)10(14)11(9)15/h4-5,16-17H,3,6-7H2,1-2H3. The number of nitrogens with one attached hydrogen (secondary N) is 1. The maximum atomic E-state index is 13.5. The smallest absolute Gasteiger partial charge is 0.244 e. The van der Waals surface area contributed by atoms with Gasteiger partial charge in [-0.15, -0.1) is 0 Å². The van der Waals surface area contributed by atoms with E-state index in [0.29, 0.717) is 18.6 Å². The van der Waals surface area contributed by atoms with Crippen molar-refractivity contribution in [2.75, 3.05) is 6.61 Å². The van der Waals surface area contributed by atoms with Gasteiger partial charge in [0.15, 0.2) is 17.5 Å². The molecule has 2 N–H and O–H groups in total. The van der Waals surface area contributed by atoms with Crippen LogP contribution in [0.1, 0.15) is 26.7 Å². The molecular formula is C12H16F3NO3S. The van der Waals surface area contributed by atoms with Gasteiger partial charge in [0.1, 0.15) is 4.90 Å². The van der Waals surface area contributed by atoms with Crippen molar-refractivity contribution >= 4 is 10.0 Å². The van der Waals surface area contributed by atoms with Crippen LogP contribution < -0.4 is 4.72 Å². The van der Waals surface area contributed by atoms with Crippen molar-refractivity contribution in [2.45, 2.75) is 37.1 Å². The zero-order valence-corrected chi connectivity index (χ0v) is 11.9. The van der Waals surface area contributed by atoms with Crippen molar-refractivity contribution in [3.05, 3.63) is 29.6 Å². The first-order valence-electron chi connectivity index (χ1n) is 5.95. The number of halogens is 3. The number of aliphatic hydroxyl groups excluding tert-OH is 1. The number of benzene rings is 1. The SMILES string of the molecule is CCC(C)(CCO)NS(=O)(=O)c1ccc(F)c(F)c1F. The Morgan fingerprint density at radius 1 is 1.25 bits per heavy atom. The number of rotatable bonds is 6. The molecule has 114 valence electrons. The summed E-state index contributed by atoms with van der Waals surface area (Å²) in [4.78, 5) is -0.964. The minimum Gasteiger partial charge on any atom is -0.396 e. The van der Waals surface area contributed by atoms with Crippen LogP contribution in [0.15, 0.2) is 17.0 Å². The highest BCUT2D eigenvalue weighted by Crippen LogP contribution is 2.23. The fourth-order valence-corrected chi connectivity index (χ4v) is 3.22. The molecule has 0 aliphatic rings. The van der Waals surface area contributed by atoms with Crippen LogP contribution in [0.5, 0.6) is 0 Å². The van der Waals surface area contributed by atoms with Crippen LogP contribution in [0.25, 0.3) is 0 Å². The quantitative estimate of drug-likeness (QED) is 0.789. The van der Waals surface area contributed by atoms with E-state index in [4.69, 9.17) is 5.11 Å². The Bertz CT molecular complexity index is 592. The van der Waals surface area contributed by atoms with E-state index in [1.165, 1.54) is 6.92 Å². The van der Waals surface area contributed by atoms with Crippen LogP contribution in [-0.2, 0) is 10.0 Å². The van der Waals surface area contributed by atoms with E-state index in [9.17, 15) is 21.6 Å². The monoisotopic (exact) mass is 311 g/mol. The fourth-order valence-electron chi connectivity index (χ4n) is 1.64. The summed E-state index contributed by atoms with van der Waals surface area (Å²) in [5.74, 6) is -5.07. The predicted octanol–water partition coefficient (Wildman–Crippen LogP) is 1.93. The summed E-state index contributed by atoms with van der Waals surface area (Å²) in [6, 6.07) is 1.20. The molecule has 0 aromatic heterocycles. The first-order valence-corrected chi connectivity index (χ1v) is 7.43. The molecule has 1 atom stereocenters. The van der Waals surface area contributed by atoms with Crippen molar-refractivity contribution < 1.29 is 26.7 Å². The molecule has 1 aromatic rings. The van der Waals surface area contributed by atoms with Crippen molar-refractivity contribution in [2.24, 2.45) is 0 Å². The Hall–Kier alpha value is -1.12. The Kier molecular flexibility index (Phi) is 5.17. The van der Waals surface area contributed by atoms with E-state index in [0.717, 1.165) is 0 Å². The molecule has 0 radical (unpaired) electrons. The topological polar surface area (TPSA) is 66.4 Å². The van der Waals surface area contributed by atoms with Crippen LogP contribution >= 0.6 is 0 Å². The molecule has 1 rings (SSSR count). The van der Waals surface area contributed by atoms with E-state index >= 15 is 0 Å². The summed E-state index contributed by atoms with van der Waals surface area (Å²) in [5, 5.41) is 8.92. The van der Waals surface area contributed by atoms with Gasteiger partial charge < -0.3 is 5.11 Å². The van der Waals surface area contributed by atoms with Crippen LogP contribution in [0.2, 0.25) is 0 Å². The van der Waals surface area contributed by atoms with E-state index in [1.807, 2.05) is 0 Å². The molecule has 0 spiro atoms. The fraction of sp³-hybridized carbons (Fsp3) is 0.500. The highest BCUT2D eigenvalue weighted by molar-refractivity contribution is 7.89. The van der Waals surface area contributed by atoms with Crippen LogP contribution in [0, 0.1) is 17.5 Å². The van der Waals surface area contributed by atoms with Crippen LogP contribution in [0.3, 0.4) is 0 Å². The molecule has 20 heavy (non-hydrogen) atoms. The molecule has 0 saturated carbocycles. The molecule has 1 unspecified atom stereocenters. The van der Waals surface area contributed by atoms with Crippen molar-refractivity contribution in [1.82, 2.24) is 4.72 Å². The molecule has 8 heteroatoms. The predicted molar refractivity (Wildman–Crippen MR) is 67.0 cm³/mol. The van der Waals surface area contributed by atoms with Gasteiger partial charge >= 0.3 is 0 Å². The highest BCUT2D eigenvalue weighted by atomic mass is 32.2. The Labute approximate surface area is 115 Å². The lowest BCUT2D eigenvalue weighted by Gasteiger charge is -2.28. The summed E-state index contributed by atoms with van der Waals surface area (Å²) >= 11 is 0. The van der Waals surface area contributed by atoms with Gasteiger partial charge in [-0.3, -0.25) is 0 Å². The van der Waals surface area contributed by atoms with Gasteiger partial charge in [0.25, 0.3) is 0 Å². The summed E-state index contributed by atoms with van der Waals surface area (Å²) in [6.07, 6.45) is 0.437. The van der Waals surface area contributed by atoms with E-state index in [-0.39, 0.29) is 13.0 Å². The number of aliphatic hydroxyl groups is 1. The number of hydrogen-bond acceptors (Lipinski definition) is 3. The molecule has 0 saturated heterocycles. The third kappa shape index (κ3) is 3.50. The zero-order valence-electron chi connectivity index (χ0n) is 11.1. The van der Waals surface area contributed by atoms with Gasteiger partial charge in [-0.25, -0.2) is 26.3 Å². The van der Waals surface area contributed by atoms with Gasteiger partial charge in [0.2, 0.25) is 10.0 Å². The summed E-state index contributed by atoms with van der Waals surface area (Å²) in [5.41, 5.74) is -1.01. The van der Waals surface area contributed by atoms with Gasteiger partial charge in [-0.2, -0.15) is 0 Å². The van der Waals surface area contributed by atoms with E-state index in [1.54, 1.807) is 6.92 Å². The first kappa shape index (κ1) is 16.9. The first-order chi connectivity index (χ1) is 9.17. The Morgan fingerprint density at radius 3 is 2.35 bits per heavy atom.